The Morgan fingerprint density at radius 1 is 1.60 bits per heavy atom. The Hall–Kier alpha value is -0.690. The monoisotopic (exact) mass is 241 g/mol. The van der Waals surface area contributed by atoms with Crippen LogP contribution in [0.15, 0.2) is 23.1 Å². The second-order valence-electron chi connectivity index (χ2n) is 3.35. The molecule has 1 aromatic rings. The SMILES string of the molecule is CC(CO)CSc1ccc(C#N)c(Cl)c1. The lowest BCUT2D eigenvalue weighted by Crippen LogP contribution is -2.02. The molecule has 0 aliphatic carbocycles. The number of hydrogen-bond donors (Lipinski definition) is 1. The zero-order valence-electron chi connectivity index (χ0n) is 8.40. The molecule has 0 radical (unpaired) electrons. The van der Waals surface area contributed by atoms with E-state index in [4.69, 9.17) is 22.0 Å². The van der Waals surface area contributed by atoms with Crippen molar-refractivity contribution in [3.8, 4) is 6.07 Å². The average Bonchev–Trinajstić information content (AvgIpc) is 2.26. The first kappa shape index (κ1) is 12.4. The van der Waals surface area contributed by atoms with Gasteiger partial charge in [-0.1, -0.05) is 18.5 Å². The molecule has 1 rings (SSSR count). The molecule has 1 unspecified atom stereocenters. The van der Waals surface area contributed by atoms with E-state index in [0.717, 1.165) is 10.6 Å². The molecule has 0 spiro atoms. The molecule has 1 N–H and O–H groups in total. The zero-order chi connectivity index (χ0) is 11.3. The van der Waals surface area contributed by atoms with E-state index in [9.17, 15) is 0 Å². The van der Waals surface area contributed by atoms with Crippen LogP contribution in [0.25, 0.3) is 0 Å². The molecule has 0 fully saturated rings. The van der Waals surface area contributed by atoms with Crippen LogP contribution < -0.4 is 0 Å². The molecule has 4 heteroatoms. The van der Waals surface area contributed by atoms with Crippen LogP contribution in [0.3, 0.4) is 0 Å². The molecule has 0 aliphatic heterocycles. The van der Waals surface area contributed by atoms with Crippen molar-refractivity contribution < 1.29 is 5.11 Å². The van der Waals surface area contributed by atoms with Crippen molar-refractivity contribution >= 4 is 23.4 Å². The Morgan fingerprint density at radius 2 is 2.33 bits per heavy atom. The third kappa shape index (κ3) is 3.75. The van der Waals surface area contributed by atoms with Gasteiger partial charge in [-0.15, -0.1) is 11.8 Å². The lowest BCUT2D eigenvalue weighted by Gasteiger charge is -2.07. The number of benzene rings is 1. The normalized spacial score (nSPS) is 12.1. The molecular formula is C11H12ClNOS. The van der Waals surface area contributed by atoms with Gasteiger partial charge in [0.05, 0.1) is 10.6 Å². The van der Waals surface area contributed by atoms with E-state index in [1.54, 1.807) is 23.9 Å². The number of aliphatic hydroxyl groups is 1. The zero-order valence-corrected chi connectivity index (χ0v) is 9.98. The maximum atomic E-state index is 8.87. The molecule has 0 saturated heterocycles. The van der Waals surface area contributed by atoms with Crippen LogP contribution in [0.4, 0.5) is 0 Å². The maximum Gasteiger partial charge on any atom is 0.101 e. The fourth-order valence-electron chi connectivity index (χ4n) is 0.967. The molecule has 1 aromatic carbocycles. The predicted molar refractivity (Wildman–Crippen MR) is 63.1 cm³/mol. The molecule has 0 heterocycles. The highest BCUT2D eigenvalue weighted by Crippen LogP contribution is 2.25. The number of thioether (sulfide) groups is 1. The summed E-state index contributed by atoms with van der Waals surface area (Å²) in [5.41, 5.74) is 0.497. The van der Waals surface area contributed by atoms with Crippen molar-refractivity contribution in [3.63, 3.8) is 0 Å². The Bertz CT molecular complexity index is 375. The van der Waals surface area contributed by atoms with Crippen LogP contribution in [0.2, 0.25) is 5.02 Å². The van der Waals surface area contributed by atoms with Gasteiger partial charge in [-0.05, 0) is 24.1 Å². The van der Waals surface area contributed by atoms with Crippen LogP contribution in [-0.4, -0.2) is 17.5 Å². The Balaban J connectivity index is 2.64. The van der Waals surface area contributed by atoms with E-state index in [0.29, 0.717) is 10.6 Å². The second-order valence-corrected chi connectivity index (χ2v) is 4.85. The van der Waals surface area contributed by atoms with Crippen LogP contribution >= 0.6 is 23.4 Å². The smallest absolute Gasteiger partial charge is 0.101 e. The number of hydrogen-bond acceptors (Lipinski definition) is 3. The Kier molecular flexibility index (Phi) is 4.97. The molecule has 80 valence electrons. The largest absolute Gasteiger partial charge is 0.396 e. The Labute approximate surface area is 98.9 Å². The number of nitriles is 1. The van der Waals surface area contributed by atoms with Gasteiger partial charge in [0, 0.05) is 17.3 Å². The molecular weight excluding hydrogens is 230 g/mol. The van der Waals surface area contributed by atoms with Crippen molar-refractivity contribution in [2.45, 2.75) is 11.8 Å². The van der Waals surface area contributed by atoms with Crippen molar-refractivity contribution in [2.24, 2.45) is 5.92 Å². The van der Waals surface area contributed by atoms with Crippen molar-refractivity contribution in [1.82, 2.24) is 0 Å². The molecule has 0 saturated carbocycles. The summed E-state index contributed by atoms with van der Waals surface area (Å²) >= 11 is 7.53. The minimum absolute atomic E-state index is 0.191. The van der Waals surface area contributed by atoms with Crippen LogP contribution in [0.5, 0.6) is 0 Å². The maximum absolute atomic E-state index is 8.87. The van der Waals surface area contributed by atoms with Gasteiger partial charge in [0.1, 0.15) is 6.07 Å². The van der Waals surface area contributed by atoms with Crippen molar-refractivity contribution in [3.05, 3.63) is 28.8 Å². The van der Waals surface area contributed by atoms with Gasteiger partial charge in [0.15, 0.2) is 0 Å². The average molecular weight is 242 g/mol. The summed E-state index contributed by atoms with van der Waals surface area (Å²) in [7, 11) is 0. The fraction of sp³-hybridized carbons (Fsp3) is 0.364. The third-order valence-electron chi connectivity index (χ3n) is 1.91. The highest BCUT2D eigenvalue weighted by atomic mass is 35.5. The first-order valence-electron chi connectivity index (χ1n) is 4.60. The van der Waals surface area contributed by atoms with Crippen LogP contribution in [-0.2, 0) is 0 Å². The predicted octanol–water partition coefficient (Wildman–Crippen LogP) is 2.93. The Morgan fingerprint density at radius 3 is 2.87 bits per heavy atom. The van der Waals surface area contributed by atoms with Crippen molar-refractivity contribution in [1.29, 1.82) is 5.26 Å². The summed E-state index contributed by atoms with van der Waals surface area (Å²) in [6, 6.07) is 7.39. The van der Waals surface area contributed by atoms with E-state index in [1.165, 1.54) is 0 Å². The molecule has 0 bridgehead atoms. The lowest BCUT2D eigenvalue weighted by molar-refractivity contribution is 0.250. The number of nitrogens with zero attached hydrogens (tertiary/aromatic N) is 1. The topological polar surface area (TPSA) is 44.0 Å². The number of rotatable bonds is 4. The summed E-state index contributed by atoms with van der Waals surface area (Å²) in [6.07, 6.45) is 0. The molecule has 2 nitrogen and oxygen atoms in total. The van der Waals surface area contributed by atoms with Gasteiger partial charge in [-0.3, -0.25) is 0 Å². The minimum atomic E-state index is 0.191. The summed E-state index contributed by atoms with van der Waals surface area (Å²) in [6.45, 7) is 2.18. The van der Waals surface area contributed by atoms with Crippen molar-refractivity contribution in [2.75, 3.05) is 12.4 Å². The van der Waals surface area contributed by atoms with E-state index < -0.39 is 0 Å². The lowest BCUT2D eigenvalue weighted by atomic mass is 10.2. The van der Waals surface area contributed by atoms with Gasteiger partial charge in [-0.2, -0.15) is 5.26 Å². The van der Waals surface area contributed by atoms with Gasteiger partial charge in [0.25, 0.3) is 0 Å². The van der Waals surface area contributed by atoms with E-state index in [-0.39, 0.29) is 12.5 Å². The van der Waals surface area contributed by atoms with Gasteiger partial charge in [-0.25, -0.2) is 0 Å². The third-order valence-corrected chi connectivity index (χ3v) is 3.54. The molecule has 0 aliphatic rings. The summed E-state index contributed by atoms with van der Waals surface area (Å²) in [4.78, 5) is 1.03. The molecule has 1 atom stereocenters. The van der Waals surface area contributed by atoms with E-state index in [1.807, 2.05) is 19.1 Å². The van der Waals surface area contributed by atoms with Gasteiger partial charge in [0.2, 0.25) is 0 Å². The summed E-state index contributed by atoms with van der Waals surface area (Å²) in [5, 5.41) is 18.0. The van der Waals surface area contributed by atoms with Gasteiger partial charge < -0.3 is 5.11 Å². The first-order chi connectivity index (χ1) is 7.17. The number of aliphatic hydroxyl groups excluding tert-OH is 1. The first-order valence-corrected chi connectivity index (χ1v) is 5.97. The molecule has 15 heavy (non-hydrogen) atoms. The van der Waals surface area contributed by atoms with Crippen LogP contribution in [0.1, 0.15) is 12.5 Å². The van der Waals surface area contributed by atoms with Crippen LogP contribution in [0, 0.1) is 17.2 Å². The molecule has 0 aromatic heterocycles. The number of halogens is 1. The summed E-state index contributed by atoms with van der Waals surface area (Å²) in [5.74, 6) is 1.11. The highest BCUT2D eigenvalue weighted by molar-refractivity contribution is 7.99. The minimum Gasteiger partial charge on any atom is -0.396 e. The van der Waals surface area contributed by atoms with E-state index in [2.05, 4.69) is 0 Å². The summed E-state index contributed by atoms with van der Waals surface area (Å²) < 4.78 is 0. The second kappa shape index (κ2) is 6.02. The standard InChI is InChI=1S/C11H12ClNOS/c1-8(6-14)7-15-10-3-2-9(5-13)11(12)4-10/h2-4,8,14H,6-7H2,1H3. The van der Waals surface area contributed by atoms with E-state index >= 15 is 0 Å². The fourth-order valence-corrected chi connectivity index (χ4v) is 2.20. The molecule has 0 amide bonds. The quantitative estimate of drug-likeness (QED) is 0.825. The highest BCUT2D eigenvalue weighted by Gasteiger charge is 2.04. The van der Waals surface area contributed by atoms with Gasteiger partial charge >= 0.3 is 0 Å².